The molecule has 25 heavy (non-hydrogen) atoms. The van der Waals surface area contributed by atoms with Gasteiger partial charge in [0, 0.05) is 56.5 Å². The largest absolute Gasteiger partial charge is 0.338 e. The zero-order chi connectivity index (χ0) is 17.2. The van der Waals surface area contributed by atoms with E-state index in [0.29, 0.717) is 11.9 Å². The third-order valence-corrected chi connectivity index (χ3v) is 5.38. The van der Waals surface area contributed by atoms with Crippen LogP contribution < -0.4 is 0 Å². The van der Waals surface area contributed by atoms with Crippen LogP contribution in [0.2, 0.25) is 0 Å². The number of nitrogens with zero attached hydrogens (tertiary/aromatic N) is 4. The molecule has 1 aromatic heterocycles. The molecular formula is C20H26N4O. The molecule has 1 atom stereocenters. The van der Waals surface area contributed by atoms with Crippen LogP contribution in [-0.4, -0.2) is 51.2 Å². The van der Waals surface area contributed by atoms with Gasteiger partial charge in [-0.15, -0.1) is 0 Å². The summed E-state index contributed by atoms with van der Waals surface area (Å²) < 4.78 is 1.91. The third-order valence-electron chi connectivity index (χ3n) is 5.38. The maximum atomic E-state index is 12.1. The van der Waals surface area contributed by atoms with Crippen molar-refractivity contribution in [2.45, 2.75) is 38.3 Å². The van der Waals surface area contributed by atoms with Crippen LogP contribution in [0.5, 0.6) is 0 Å². The maximum absolute atomic E-state index is 12.1. The molecular weight excluding hydrogens is 312 g/mol. The van der Waals surface area contributed by atoms with Crippen LogP contribution in [0.25, 0.3) is 11.3 Å². The fourth-order valence-electron chi connectivity index (χ4n) is 4.22. The molecule has 4 rings (SSSR count). The van der Waals surface area contributed by atoms with E-state index in [1.165, 1.54) is 11.1 Å². The summed E-state index contributed by atoms with van der Waals surface area (Å²) in [6.07, 6.45) is 6.19. The molecule has 2 fully saturated rings. The Bertz CT molecular complexity index is 739. The van der Waals surface area contributed by atoms with Gasteiger partial charge in [-0.2, -0.15) is 5.10 Å². The second-order valence-corrected chi connectivity index (χ2v) is 7.26. The number of carbonyl (C=O) groups is 1. The molecule has 0 bridgehead atoms. The zero-order valence-electron chi connectivity index (χ0n) is 14.9. The molecule has 0 radical (unpaired) electrons. The number of rotatable bonds is 4. The highest BCUT2D eigenvalue weighted by atomic mass is 16.2. The summed E-state index contributed by atoms with van der Waals surface area (Å²) in [5.41, 5.74) is 3.51. The Morgan fingerprint density at radius 2 is 2.00 bits per heavy atom. The number of carbonyl (C=O) groups excluding carboxylic acids is 1. The van der Waals surface area contributed by atoms with Gasteiger partial charge in [-0.1, -0.05) is 30.3 Å². The van der Waals surface area contributed by atoms with Crippen LogP contribution in [0.15, 0.2) is 36.5 Å². The number of hydrogen-bond donors (Lipinski definition) is 0. The van der Waals surface area contributed by atoms with E-state index in [4.69, 9.17) is 0 Å². The Hall–Kier alpha value is -2.14. The molecule has 3 heterocycles. The van der Waals surface area contributed by atoms with Gasteiger partial charge in [-0.25, -0.2) is 0 Å². The topological polar surface area (TPSA) is 41.4 Å². The van der Waals surface area contributed by atoms with Crippen LogP contribution in [0.4, 0.5) is 0 Å². The lowest BCUT2D eigenvalue weighted by Crippen LogP contribution is -2.48. The SMILES string of the molecule is Cn1cc(CN2CCC[C@H](N3CCCC3=O)C2)c(-c2ccccc2)n1. The van der Waals surface area contributed by atoms with Crippen molar-refractivity contribution >= 4 is 5.91 Å². The minimum absolute atomic E-state index is 0.346. The van der Waals surface area contributed by atoms with Gasteiger partial charge in [0.2, 0.25) is 5.91 Å². The lowest BCUT2D eigenvalue weighted by atomic mass is 10.0. The minimum Gasteiger partial charge on any atom is -0.338 e. The normalized spacial score (nSPS) is 21.9. The molecule has 1 aromatic carbocycles. The minimum atomic E-state index is 0.346. The van der Waals surface area contributed by atoms with Gasteiger partial charge in [-0.05, 0) is 25.8 Å². The van der Waals surface area contributed by atoms with Gasteiger partial charge < -0.3 is 4.90 Å². The Morgan fingerprint density at radius 1 is 1.16 bits per heavy atom. The molecule has 0 spiro atoms. The summed E-state index contributed by atoms with van der Waals surface area (Å²) >= 11 is 0. The number of benzene rings is 1. The molecule has 1 amide bonds. The highest BCUT2D eigenvalue weighted by Gasteiger charge is 2.31. The van der Waals surface area contributed by atoms with E-state index < -0.39 is 0 Å². The second kappa shape index (κ2) is 7.00. The van der Waals surface area contributed by atoms with E-state index in [2.05, 4.69) is 45.4 Å². The average molecular weight is 338 g/mol. The quantitative estimate of drug-likeness (QED) is 0.861. The Kier molecular flexibility index (Phi) is 4.57. The van der Waals surface area contributed by atoms with Crippen molar-refractivity contribution in [1.82, 2.24) is 19.6 Å². The fraction of sp³-hybridized carbons (Fsp3) is 0.500. The Morgan fingerprint density at radius 3 is 2.76 bits per heavy atom. The van der Waals surface area contributed by atoms with E-state index in [9.17, 15) is 4.79 Å². The molecule has 132 valence electrons. The molecule has 2 aliphatic rings. The average Bonchev–Trinajstić information content (AvgIpc) is 3.21. The van der Waals surface area contributed by atoms with Gasteiger partial charge in [0.05, 0.1) is 5.69 Å². The Balaban J connectivity index is 1.50. The predicted molar refractivity (Wildman–Crippen MR) is 97.9 cm³/mol. The molecule has 0 unspecified atom stereocenters. The lowest BCUT2D eigenvalue weighted by molar-refractivity contribution is -0.130. The van der Waals surface area contributed by atoms with Gasteiger partial charge >= 0.3 is 0 Å². The molecule has 2 aromatic rings. The molecule has 5 nitrogen and oxygen atoms in total. The number of likely N-dealkylation sites (tertiary alicyclic amines) is 2. The first-order chi connectivity index (χ1) is 12.2. The van der Waals surface area contributed by atoms with Crippen LogP contribution in [0.3, 0.4) is 0 Å². The summed E-state index contributed by atoms with van der Waals surface area (Å²) in [4.78, 5) is 16.7. The van der Waals surface area contributed by atoms with Crippen LogP contribution in [-0.2, 0) is 18.4 Å². The van der Waals surface area contributed by atoms with E-state index >= 15 is 0 Å². The van der Waals surface area contributed by atoms with Crippen molar-refractivity contribution in [3.8, 4) is 11.3 Å². The summed E-state index contributed by atoms with van der Waals surface area (Å²) in [6.45, 7) is 3.92. The number of aryl methyl sites for hydroxylation is 1. The first kappa shape index (κ1) is 16.3. The van der Waals surface area contributed by atoms with Crippen LogP contribution in [0.1, 0.15) is 31.2 Å². The van der Waals surface area contributed by atoms with Crippen molar-refractivity contribution in [3.63, 3.8) is 0 Å². The monoisotopic (exact) mass is 338 g/mol. The van der Waals surface area contributed by atoms with Gasteiger partial charge in [0.25, 0.3) is 0 Å². The van der Waals surface area contributed by atoms with E-state index in [0.717, 1.165) is 57.6 Å². The summed E-state index contributed by atoms with van der Waals surface area (Å²) in [5.74, 6) is 0.346. The highest BCUT2D eigenvalue weighted by molar-refractivity contribution is 5.78. The van der Waals surface area contributed by atoms with E-state index in [1.807, 2.05) is 17.8 Å². The molecule has 5 heteroatoms. The summed E-state index contributed by atoms with van der Waals surface area (Å²) in [7, 11) is 1.98. The molecule has 2 saturated heterocycles. The summed E-state index contributed by atoms with van der Waals surface area (Å²) in [6, 6.07) is 10.8. The number of hydrogen-bond acceptors (Lipinski definition) is 3. The first-order valence-corrected chi connectivity index (χ1v) is 9.30. The van der Waals surface area contributed by atoms with Gasteiger partial charge in [0.1, 0.15) is 0 Å². The van der Waals surface area contributed by atoms with Crippen molar-refractivity contribution in [1.29, 1.82) is 0 Å². The second-order valence-electron chi connectivity index (χ2n) is 7.26. The van der Waals surface area contributed by atoms with Crippen molar-refractivity contribution in [2.75, 3.05) is 19.6 Å². The number of piperidine rings is 1. The van der Waals surface area contributed by atoms with Crippen molar-refractivity contribution < 1.29 is 4.79 Å². The number of amides is 1. The third kappa shape index (κ3) is 3.47. The van der Waals surface area contributed by atoms with Gasteiger partial charge in [-0.3, -0.25) is 14.4 Å². The highest BCUT2D eigenvalue weighted by Crippen LogP contribution is 2.26. The molecule has 2 aliphatic heterocycles. The Labute approximate surface area is 149 Å². The lowest BCUT2D eigenvalue weighted by Gasteiger charge is -2.37. The smallest absolute Gasteiger partial charge is 0.222 e. The van der Waals surface area contributed by atoms with Crippen LogP contribution >= 0.6 is 0 Å². The van der Waals surface area contributed by atoms with Crippen LogP contribution in [0, 0.1) is 0 Å². The van der Waals surface area contributed by atoms with E-state index in [-0.39, 0.29) is 0 Å². The standard InChI is InChI=1S/C20H26N4O/c1-22-13-17(20(21-22)16-7-3-2-4-8-16)14-23-11-5-9-18(15-23)24-12-6-10-19(24)25/h2-4,7-8,13,18H,5-6,9-12,14-15H2,1H3/t18-/m0/s1. The van der Waals surface area contributed by atoms with E-state index in [1.54, 1.807) is 0 Å². The molecule has 0 saturated carbocycles. The number of aromatic nitrogens is 2. The van der Waals surface area contributed by atoms with Gasteiger partial charge in [0.15, 0.2) is 0 Å². The maximum Gasteiger partial charge on any atom is 0.222 e. The first-order valence-electron chi connectivity index (χ1n) is 9.30. The molecule has 0 aliphatic carbocycles. The van der Waals surface area contributed by atoms with Crippen molar-refractivity contribution in [3.05, 3.63) is 42.1 Å². The zero-order valence-corrected chi connectivity index (χ0v) is 14.9. The predicted octanol–water partition coefficient (Wildman–Crippen LogP) is 2.67. The summed E-state index contributed by atoms with van der Waals surface area (Å²) in [5, 5.41) is 4.68. The fourth-order valence-corrected chi connectivity index (χ4v) is 4.22. The molecule has 0 N–H and O–H groups in total. The van der Waals surface area contributed by atoms with Crippen molar-refractivity contribution in [2.24, 2.45) is 7.05 Å².